The number of carbonyl (C=O) groups is 1. The van der Waals surface area contributed by atoms with Crippen molar-refractivity contribution in [2.45, 2.75) is 31.6 Å². The highest BCUT2D eigenvalue weighted by Crippen LogP contribution is 2.34. The first-order valence-corrected chi connectivity index (χ1v) is 11.1. The minimum absolute atomic E-state index is 0.0264. The van der Waals surface area contributed by atoms with Crippen molar-refractivity contribution < 1.29 is 13.2 Å². The maximum absolute atomic E-state index is 12.1. The van der Waals surface area contributed by atoms with E-state index in [-0.39, 0.29) is 28.7 Å². The molecule has 0 aromatic heterocycles. The monoisotopic (exact) mass is 381 g/mol. The molecular weight excluding hydrogens is 358 g/mol. The third-order valence-corrected chi connectivity index (χ3v) is 7.37. The Balaban J connectivity index is 1.54. The largest absolute Gasteiger partial charge is 0.352 e. The molecule has 136 valence electrons. The highest BCUT2D eigenvalue weighted by Gasteiger charge is 2.42. The van der Waals surface area contributed by atoms with Gasteiger partial charge in [-0.05, 0) is 36.6 Å². The predicted molar refractivity (Wildman–Crippen MR) is 103 cm³/mol. The van der Waals surface area contributed by atoms with E-state index in [2.05, 4.69) is 29.5 Å². The Morgan fingerprint density at radius 1 is 1.28 bits per heavy atom. The van der Waals surface area contributed by atoms with E-state index in [1.165, 1.54) is 11.8 Å². The number of aliphatic imine (C=N–C) groups is 1. The molecule has 1 aromatic rings. The molecule has 6 nitrogen and oxygen atoms in total. The van der Waals surface area contributed by atoms with Crippen molar-refractivity contribution in [3.05, 3.63) is 29.8 Å². The molecule has 8 heteroatoms. The summed E-state index contributed by atoms with van der Waals surface area (Å²) in [6, 6.07) is 7.09. The fourth-order valence-electron chi connectivity index (χ4n) is 2.82. The Kier molecular flexibility index (Phi) is 5.38. The molecule has 3 rings (SSSR count). The molecular formula is C17H23N3O3S2. The molecule has 2 aliphatic heterocycles. The van der Waals surface area contributed by atoms with E-state index in [1.54, 1.807) is 12.1 Å². The van der Waals surface area contributed by atoms with E-state index in [0.717, 1.165) is 17.3 Å². The summed E-state index contributed by atoms with van der Waals surface area (Å²) in [7, 11) is -2.93. The number of amides is 1. The summed E-state index contributed by atoms with van der Waals surface area (Å²) in [6.07, 6.45) is 0.959. The van der Waals surface area contributed by atoms with Crippen molar-refractivity contribution in [3.8, 4) is 0 Å². The fraction of sp³-hybridized carbons (Fsp3) is 0.529. The van der Waals surface area contributed by atoms with Crippen molar-refractivity contribution >= 4 is 38.4 Å². The van der Waals surface area contributed by atoms with Crippen LogP contribution >= 0.6 is 11.8 Å². The van der Waals surface area contributed by atoms with Gasteiger partial charge >= 0.3 is 0 Å². The number of benzene rings is 1. The molecule has 0 aliphatic carbocycles. The van der Waals surface area contributed by atoms with E-state index >= 15 is 0 Å². The maximum Gasteiger partial charge on any atom is 0.251 e. The quantitative estimate of drug-likeness (QED) is 0.816. The van der Waals surface area contributed by atoms with Gasteiger partial charge in [-0.15, -0.1) is 0 Å². The lowest BCUT2D eigenvalue weighted by atomic mass is 10.1. The van der Waals surface area contributed by atoms with Gasteiger partial charge in [0.25, 0.3) is 5.91 Å². The number of amidine groups is 1. The molecule has 0 spiro atoms. The van der Waals surface area contributed by atoms with Crippen molar-refractivity contribution in [3.63, 3.8) is 0 Å². The summed E-state index contributed by atoms with van der Waals surface area (Å²) in [5.41, 5.74) is 1.46. The zero-order valence-corrected chi connectivity index (χ0v) is 16.0. The topological polar surface area (TPSA) is 87.6 Å². The van der Waals surface area contributed by atoms with Gasteiger partial charge in [-0.1, -0.05) is 25.6 Å². The molecule has 2 atom stereocenters. The first-order chi connectivity index (χ1) is 11.8. The summed E-state index contributed by atoms with van der Waals surface area (Å²) < 4.78 is 23.2. The summed E-state index contributed by atoms with van der Waals surface area (Å²) in [5, 5.41) is 6.90. The van der Waals surface area contributed by atoms with Crippen LogP contribution in [-0.4, -0.2) is 48.8 Å². The van der Waals surface area contributed by atoms with Gasteiger partial charge in [0.15, 0.2) is 15.0 Å². The molecule has 2 N–H and O–H groups in total. The Morgan fingerprint density at radius 3 is 2.64 bits per heavy atom. The van der Waals surface area contributed by atoms with E-state index in [0.29, 0.717) is 18.0 Å². The van der Waals surface area contributed by atoms with Crippen LogP contribution in [-0.2, 0) is 9.84 Å². The highest BCUT2D eigenvalue weighted by atomic mass is 32.2. The number of hydrogen-bond donors (Lipinski definition) is 2. The number of nitrogens with one attached hydrogen (secondary N) is 2. The number of hydrogen-bond acceptors (Lipinski definition) is 6. The number of sulfone groups is 1. The van der Waals surface area contributed by atoms with Crippen molar-refractivity contribution in [1.29, 1.82) is 0 Å². The van der Waals surface area contributed by atoms with Gasteiger partial charge in [0.05, 0.1) is 17.5 Å². The lowest BCUT2D eigenvalue weighted by Gasteiger charge is -2.09. The average molecular weight is 382 g/mol. The molecule has 2 aliphatic rings. The minimum Gasteiger partial charge on any atom is -0.352 e. The number of carbonyl (C=O) groups excluding carboxylic acids is 1. The predicted octanol–water partition coefficient (Wildman–Crippen LogP) is 2.14. The normalized spacial score (nSPS) is 24.0. The zero-order chi connectivity index (χ0) is 18.0. The van der Waals surface area contributed by atoms with Crippen LogP contribution in [0.15, 0.2) is 29.3 Å². The Labute approximate surface area is 152 Å². The zero-order valence-electron chi connectivity index (χ0n) is 14.4. The first kappa shape index (κ1) is 18.3. The van der Waals surface area contributed by atoms with Crippen molar-refractivity contribution in [2.75, 3.05) is 23.4 Å². The van der Waals surface area contributed by atoms with E-state index in [9.17, 15) is 13.2 Å². The summed E-state index contributed by atoms with van der Waals surface area (Å²) in [4.78, 5) is 16.5. The number of thioether (sulfide) groups is 1. The molecule has 25 heavy (non-hydrogen) atoms. The molecule has 0 bridgehead atoms. The van der Waals surface area contributed by atoms with E-state index in [4.69, 9.17) is 0 Å². The van der Waals surface area contributed by atoms with Gasteiger partial charge in [-0.2, -0.15) is 0 Å². The molecule has 2 heterocycles. The second-order valence-corrected chi connectivity index (χ2v) is 10.3. The van der Waals surface area contributed by atoms with Crippen LogP contribution in [0, 0.1) is 5.92 Å². The smallest absolute Gasteiger partial charge is 0.251 e. The van der Waals surface area contributed by atoms with E-state index in [1.807, 2.05) is 12.1 Å². The number of nitrogens with zero attached hydrogens (tertiary/aromatic N) is 1. The highest BCUT2D eigenvalue weighted by molar-refractivity contribution is 8.15. The second-order valence-electron chi connectivity index (χ2n) is 6.88. The molecule has 0 saturated carbocycles. The Bertz CT molecular complexity index is 773. The molecule has 1 saturated heterocycles. The van der Waals surface area contributed by atoms with Crippen LogP contribution in [0.3, 0.4) is 0 Å². The summed E-state index contributed by atoms with van der Waals surface area (Å²) >= 11 is 1.48. The van der Waals surface area contributed by atoms with Gasteiger partial charge in [0.1, 0.15) is 0 Å². The molecule has 0 unspecified atom stereocenters. The lowest BCUT2D eigenvalue weighted by Crippen LogP contribution is -2.25. The summed E-state index contributed by atoms with van der Waals surface area (Å²) in [5.74, 6) is 0.836. The van der Waals surface area contributed by atoms with E-state index < -0.39 is 9.84 Å². The van der Waals surface area contributed by atoms with Gasteiger partial charge in [0.2, 0.25) is 0 Å². The van der Waals surface area contributed by atoms with Crippen LogP contribution < -0.4 is 10.6 Å². The third kappa shape index (κ3) is 4.76. The van der Waals surface area contributed by atoms with Crippen LogP contribution in [0.4, 0.5) is 5.69 Å². The molecule has 1 amide bonds. The Hall–Kier alpha value is -1.54. The maximum atomic E-state index is 12.1. The van der Waals surface area contributed by atoms with Crippen LogP contribution in [0.25, 0.3) is 0 Å². The molecule has 1 aromatic carbocycles. The standard InChI is InChI=1S/C17H23N3O3S2/c1-11(2)7-8-18-16(21)12-3-5-13(6-4-12)19-17-20-14-9-25(22,23)10-15(14)24-17/h3-6,11,14-15H,7-10H2,1-2H3,(H,18,21)(H,19,20)/t14-,15-/m1/s1. The molecule has 1 fully saturated rings. The average Bonchev–Trinajstić information content (AvgIpc) is 3.00. The van der Waals surface area contributed by atoms with Crippen LogP contribution in [0.1, 0.15) is 30.6 Å². The number of anilines is 1. The fourth-order valence-corrected chi connectivity index (χ4v) is 6.50. The molecule has 0 radical (unpaired) electrons. The van der Waals surface area contributed by atoms with Crippen molar-refractivity contribution in [1.82, 2.24) is 5.32 Å². The van der Waals surface area contributed by atoms with Crippen molar-refractivity contribution in [2.24, 2.45) is 10.9 Å². The van der Waals surface area contributed by atoms with Crippen LogP contribution in [0.2, 0.25) is 0 Å². The van der Waals surface area contributed by atoms with Gasteiger partial charge in [0, 0.05) is 23.0 Å². The Morgan fingerprint density at radius 2 is 2.00 bits per heavy atom. The number of rotatable bonds is 5. The summed E-state index contributed by atoms with van der Waals surface area (Å²) in [6.45, 7) is 4.93. The van der Waals surface area contributed by atoms with Gasteiger partial charge in [-0.25, -0.2) is 8.42 Å². The van der Waals surface area contributed by atoms with Crippen LogP contribution in [0.5, 0.6) is 0 Å². The lowest BCUT2D eigenvalue weighted by molar-refractivity contribution is 0.0952. The number of fused-ring (bicyclic) bond motifs is 1. The third-order valence-electron chi connectivity index (χ3n) is 4.22. The minimum atomic E-state index is -2.93. The van der Waals surface area contributed by atoms with Gasteiger partial charge in [-0.3, -0.25) is 9.79 Å². The second kappa shape index (κ2) is 7.37. The van der Waals surface area contributed by atoms with Gasteiger partial charge < -0.3 is 10.6 Å². The SMILES string of the molecule is CC(C)CCNC(=O)c1ccc(NC2=N[C@@H]3CS(=O)(=O)C[C@H]3S2)cc1. The first-order valence-electron chi connectivity index (χ1n) is 8.42.